The van der Waals surface area contributed by atoms with Gasteiger partial charge in [0.1, 0.15) is 0 Å². The summed E-state index contributed by atoms with van der Waals surface area (Å²) in [6, 6.07) is 10.1. The number of nitrogens with one attached hydrogen (secondary N) is 1. The summed E-state index contributed by atoms with van der Waals surface area (Å²) in [5.74, 6) is 0.516. The molecule has 3 aromatic rings. The third kappa shape index (κ3) is 2.06. The van der Waals surface area contributed by atoms with Crippen molar-refractivity contribution < 1.29 is 0 Å². The van der Waals surface area contributed by atoms with Crippen LogP contribution in [0.25, 0.3) is 22.3 Å². The molecule has 0 radical (unpaired) electrons. The number of nitrogens with zero attached hydrogens (tertiary/aromatic N) is 3. The van der Waals surface area contributed by atoms with Crippen LogP contribution in [0.3, 0.4) is 0 Å². The first kappa shape index (κ1) is 11.4. The monoisotopic (exact) mass is 251 g/mol. The summed E-state index contributed by atoms with van der Waals surface area (Å²) in [7, 11) is 0. The Morgan fingerprint density at radius 3 is 2.58 bits per heavy atom. The highest BCUT2D eigenvalue weighted by Gasteiger charge is 2.10. The normalized spacial score (nSPS) is 10.6. The van der Waals surface area contributed by atoms with Crippen LogP contribution in [0.4, 0.5) is 5.82 Å². The van der Waals surface area contributed by atoms with E-state index in [2.05, 4.69) is 26.5 Å². The maximum atomic E-state index is 5.90. The van der Waals surface area contributed by atoms with Crippen molar-refractivity contribution >= 4 is 5.82 Å². The third-order valence-corrected chi connectivity index (χ3v) is 3.04. The molecule has 5 nitrogen and oxygen atoms in total. The highest BCUT2D eigenvalue weighted by atomic mass is 15.2. The Kier molecular flexibility index (Phi) is 2.72. The van der Waals surface area contributed by atoms with Gasteiger partial charge in [0.25, 0.3) is 0 Å². The summed E-state index contributed by atoms with van der Waals surface area (Å²) in [6.45, 7) is 1.96. The molecule has 0 aliphatic rings. The Hall–Kier alpha value is -2.69. The smallest absolute Gasteiger partial charge is 0.153 e. The summed E-state index contributed by atoms with van der Waals surface area (Å²) in [4.78, 5) is 0. The fourth-order valence-corrected chi connectivity index (χ4v) is 2.13. The number of benzene rings is 1. The van der Waals surface area contributed by atoms with Gasteiger partial charge in [-0.3, -0.25) is 5.10 Å². The Morgan fingerprint density at radius 1 is 1.05 bits per heavy atom. The van der Waals surface area contributed by atoms with E-state index in [9.17, 15) is 0 Å². The summed E-state index contributed by atoms with van der Waals surface area (Å²) in [5, 5.41) is 14.6. The summed E-state index contributed by atoms with van der Waals surface area (Å²) in [6.07, 6.45) is 3.42. The summed E-state index contributed by atoms with van der Waals surface area (Å²) >= 11 is 0. The standard InChI is InChI=1S/C14H13N5/c1-9-13(14(15)19-18-9)11-4-2-3-10(7-11)12-5-6-16-17-8-12/h2-8H,1H3,(H3,15,18,19). The molecular weight excluding hydrogens is 238 g/mol. The molecule has 0 atom stereocenters. The zero-order valence-electron chi connectivity index (χ0n) is 10.5. The predicted molar refractivity (Wildman–Crippen MR) is 74.2 cm³/mol. The van der Waals surface area contributed by atoms with Crippen molar-refractivity contribution in [3.05, 3.63) is 48.4 Å². The molecule has 19 heavy (non-hydrogen) atoms. The van der Waals surface area contributed by atoms with Crippen molar-refractivity contribution in [1.82, 2.24) is 20.4 Å². The van der Waals surface area contributed by atoms with E-state index in [1.807, 2.05) is 31.2 Å². The van der Waals surface area contributed by atoms with Crippen LogP contribution in [0, 0.1) is 6.92 Å². The topological polar surface area (TPSA) is 80.5 Å². The number of aromatic amines is 1. The molecule has 0 spiro atoms. The van der Waals surface area contributed by atoms with E-state index in [1.165, 1.54) is 0 Å². The van der Waals surface area contributed by atoms with Gasteiger partial charge in [-0.25, -0.2) is 0 Å². The number of hydrogen-bond acceptors (Lipinski definition) is 4. The minimum Gasteiger partial charge on any atom is -0.382 e. The van der Waals surface area contributed by atoms with E-state index >= 15 is 0 Å². The maximum Gasteiger partial charge on any atom is 0.153 e. The molecule has 0 unspecified atom stereocenters. The molecule has 1 aromatic carbocycles. The molecular formula is C14H13N5. The maximum absolute atomic E-state index is 5.90. The fraction of sp³-hybridized carbons (Fsp3) is 0.0714. The molecule has 2 aromatic heterocycles. The van der Waals surface area contributed by atoms with Crippen molar-refractivity contribution in [2.24, 2.45) is 0 Å². The van der Waals surface area contributed by atoms with Crippen molar-refractivity contribution in [3.63, 3.8) is 0 Å². The highest BCUT2D eigenvalue weighted by Crippen LogP contribution is 2.30. The molecule has 0 saturated carbocycles. The second kappa shape index (κ2) is 4.53. The van der Waals surface area contributed by atoms with E-state index in [0.29, 0.717) is 5.82 Å². The average Bonchev–Trinajstić information content (AvgIpc) is 2.79. The number of H-pyrrole nitrogens is 1. The lowest BCUT2D eigenvalue weighted by atomic mass is 10.0. The van der Waals surface area contributed by atoms with Gasteiger partial charge >= 0.3 is 0 Å². The van der Waals surface area contributed by atoms with Crippen LogP contribution in [0.2, 0.25) is 0 Å². The SMILES string of the molecule is Cc1[nH]nc(N)c1-c1cccc(-c2ccnnc2)c1. The van der Waals surface area contributed by atoms with E-state index in [-0.39, 0.29) is 0 Å². The minimum atomic E-state index is 0.516. The lowest BCUT2D eigenvalue weighted by Gasteiger charge is -2.05. The van der Waals surface area contributed by atoms with Gasteiger partial charge in [-0.2, -0.15) is 15.3 Å². The first-order valence-electron chi connectivity index (χ1n) is 5.93. The second-order valence-electron chi connectivity index (χ2n) is 4.32. The zero-order valence-corrected chi connectivity index (χ0v) is 10.5. The van der Waals surface area contributed by atoms with Gasteiger partial charge < -0.3 is 5.73 Å². The average molecular weight is 251 g/mol. The van der Waals surface area contributed by atoms with Crippen LogP contribution >= 0.6 is 0 Å². The van der Waals surface area contributed by atoms with Crippen LogP contribution in [0.15, 0.2) is 42.7 Å². The van der Waals surface area contributed by atoms with Gasteiger partial charge in [0.2, 0.25) is 0 Å². The van der Waals surface area contributed by atoms with Gasteiger partial charge in [-0.15, -0.1) is 0 Å². The highest BCUT2D eigenvalue weighted by molar-refractivity contribution is 5.79. The van der Waals surface area contributed by atoms with Crippen LogP contribution < -0.4 is 5.73 Å². The third-order valence-electron chi connectivity index (χ3n) is 3.04. The largest absolute Gasteiger partial charge is 0.382 e. The van der Waals surface area contributed by atoms with Crippen molar-refractivity contribution in [1.29, 1.82) is 0 Å². The number of nitrogens with two attached hydrogens (primary N) is 1. The number of anilines is 1. The molecule has 94 valence electrons. The van der Waals surface area contributed by atoms with Crippen LogP contribution in [0.1, 0.15) is 5.69 Å². The van der Waals surface area contributed by atoms with E-state index in [1.54, 1.807) is 12.4 Å². The lowest BCUT2D eigenvalue weighted by Crippen LogP contribution is -1.89. The van der Waals surface area contributed by atoms with Crippen molar-refractivity contribution in [2.45, 2.75) is 6.92 Å². The Bertz CT molecular complexity index is 683. The van der Waals surface area contributed by atoms with Gasteiger partial charge in [0, 0.05) is 16.8 Å². The molecule has 2 heterocycles. The number of aryl methyl sites for hydroxylation is 1. The molecule has 0 saturated heterocycles. The molecule has 0 fully saturated rings. The molecule has 0 amide bonds. The van der Waals surface area contributed by atoms with Crippen LogP contribution in [0.5, 0.6) is 0 Å². The van der Waals surface area contributed by atoms with E-state index < -0.39 is 0 Å². The molecule has 0 aliphatic carbocycles. The van der Waals surface area contributed by atoms with E-state index in [4.69, 9.17) is 5.73 Å². The predicted octanol–water partition coefficient (Wildman–Crippen LogP) is 2.42. The number of hydrogen-bond donors (Lipinski definition) is 2. The fourth-order valence-electron chi connectivity index (χ4n) is 2.13. The quantitative estimate of drug-likeness (QED) is 0.733. The van der Waals surface area contributed by atoms with Crippen molar-refractivity contribution in [3.8, 4) is 22.3 Å². The Labute approximate surface area is 110 Å². The number of rotatable bonds is 2. The molecule has 3 rings (SSSR count). The van der Waals surface area contributed by atoms with Crippen molar-refractivity contribution in [2.75, 3.05) is 5.73 Å². The number of nitrogen functional groups attached to an aromatic ring is 1. The van der Waals surface area contributed by atoms with Gasteiger partial charge in [0.05, 0.1) is 12.4 Å². The van der Waals surface area contributed by atoms with Crippen LogP contribution in [-0.4, -0.2) is 20.4 Å². The first-order valence-corrected chi connectivity index (χ1v) is 5.93. The molecule has 3 N–H and O–H groups in total. The van der Waals surface area contributed by atoms with Gasteiger partial charge in [0.15, 0.2) is 5.82 Å². The molecule has 5 heteroatoms. The Balaban J connectivity index is 2.11. The first-order chi connectivity index (χ1) is 9.25. The summed E-state index contributed by atoms with van der Waals surface area (Å²) in [5.41, 5.74) is 10.9. The second-order valence-corrected chi connectivity index (χ2v) is 4.32. The van der Waals surface area contributed by atoms with Crippen LogP contribution in [-0.2, 0) is 0 Å². The number of aromatic nitrogens is 4. The lowest BCUT2D eigenvalue weighted by molar-refractivity contribution is 1.03. The summed E-state index contributed by atoms with van der Waals surface area (Å²) < 4.78 is 0. The minimum absolute atomic E-state index is 0.516. The Morgan fingerprint density at radius 2 is 1.89 bits per heavy atom. The van der Waals surface area contributed by atoms with Gasteiger partial charge in [-0.05, 0) is 30.2 Å². The molecule has 0 aliphatic heterocycles. The molecule has 0 bridgehead atoms. The van der Waals surface area contributed by atoms with E-state index in [0.717, 1.165) is 27.9 Å². The zero-order chi connectivity index (χ0) is 13.2. The van der Waals surface area contributed by atoms with Gasteiger partial charge in [-0.1, -0.05) is 18.2 Å².